The molecular formula is C19H15Cl2NO6S. The van der Waals surface area contributed by atoms with Crippen LogP contribution in [0, 0.1) is 5.92 Å². The molecular weight excluding hydrogens is 441 g/mol. The number of para-hydroxylation sites is 1. The summed E-state index contributed by atoms with van der Waals surface area (Å²) in [7, 11) is -4.09. The van der Waals surface area contributed by atoms with E-state index in [1.54, 1.807) is 18.2 Å². The maximum absolute atomic E-state index is 13.1. The fourth-order valence-electron chi connectivity index (χ4n) is 3.53. The van der Waals surface area contributed by atoms with Crippen LogP contribution in [0.25, 0.3) is 11.0 Å². The summed E-state index contributed by atoms with van der Waals surface area (Å²) in [5, 5.41) is 19.7. The Kier molecular flexibility index (Phi) is 4.98. The Morgan fingerprint density at radius 3 is 2.38 bits per heavy atom. The summed E-state index contributed by atoms with van der Waals surface area (Å²) in [5.74, 6) is -2.75. The van der Waals surface area contributed by atoms with Crippen LogP contribution in [0.3, 0.4) is 0 Å². The summed E-state index contributed by atoms with van der Waals surface area (Å²) < 4.78 is 33.0. The number of rotatable bonds is 4. The molecule has 152 valence electrons. The average molecular weight is 456 g/mol. The van der Waals surface area contributed by atoms with Gasteiger partial charge in [0.25, 0.3) is 0 Å². The molecule has 2 N–H and O–H groups in total. The molecule has 10 heteroatoms. The lowest BCUT2D eigenvalue weighted by Crippen LogP contribution is -2.30. The van der Waals surface area contributed by atoms with E-state index in [1.165, 1.54) is 0 Å². The minimum absolute atomic E-state index is 0.0742. The molecule has 0 aliphatic carbocycles. The van der Waals surface area contributed by atoms with Crippen molar-refractivity contribution >= 4 is 50.2 Å². The first-order chi connectivity index (χ1) is 13.7. The number of halogens is 2. The van der Waals surface area contributed by atoms with Crippen LogP contribution in [0.15, 0.2) is 51.8 Å². The molecule has 4 rings (SSSR count). The number of carboxylic acids is 1. The predicted octanol–water partition coefficient (Wildman–Crippen LogP) is 3.93. The Bertz CT molecular complexity index is 1170. The van der Waals surface area contributed by atoms with E-state index in [4.69, 9.17) is 27.6 Å². The first kappa shape index (κ1) is 20.0. The SMILES string of the molecule is O=C(O)[C@@H]1CN(S(=O)(=O)c2cc(Cl)c(O)c(Cl)c2)C[C@H]1c1cc2ccccc2o1. The summed E-state index contributed by atoms with van der Waals surface area (Å²) >= 11 is 11.7. The summed E-state index contributed by atoms with van der Waals surface area (Å²) in [4.78, 5) is 11.6. The predicted molar refractivity (Wildman–Crippen MR) is 107 cm³/mol. The molecule has 2 atom stereocenters. The number of phenols is 1. The van der Waals surface area contributed by atoms with Gasteiger partial charge in [0.15, 0.2) is 5.75 Å². The molecule has 0 saturated carbocycles. The van der Waals surface area contributed by atoms with Gasteiger partial charge >= 0.3 is 5.97 Å². The Balaban J connectivity index is 1.72. The third-order valence-corrected chi connectivity index (χ3v) is 7.43. The van der Waals surface area contributed by atoms with Gasteiger partial charge < -0.3 is 14.6 Å². The topological polar surface area (TPSA) is 108 Å². The van der Waals surface area contributed by atoms with Crippen molar-refractivity contribution in [3.8, 4) is 5.75 Å². The molecule has 0 amide bonds. The fourth-order valence-corrected chi connectivity index (χ4v) is 5.69. The number of sulfonamides is 1. The van der Waals surface area contributed by atoms with Crippen LogP contribution in [0.1, 0.15) is 11.7 Å². The van der Waals surface area contributed by atoms with Crippen molar-refractivity contribution in [2.75, 3.05) is 13.1 Å². The fraction of sp³-hybridized carbons (Fsp3) is 0.211. The molecule has 0 radical (unpaired) electrons. The number of aliphatic carboxylic acids is 1. The van der Waals surface area contributed by atoms with Gasteiger partial charge in [0, 0.05) is 24.4 Å². The second-order valence-electron chi connectivity index (χ2n) is 6.80. The highest BCUT2D eigenvalue weighted by molar-refractivity contribution is 7.89. The van der Waals surface area contributed by atoms with Crippen molar-refractivity contribution in [2.24, 2.45) is 5.92 Å². The molecule has 2 heterocycles. The lowest BCUT2D eigenvalue weighted by molar-refractivity contribution is -0.141. The van der Waals surface area contributed by atoms with E-state index in [9.17, 15) is 23.4 Å². The number of hydrogen-bond acceptors (Lipinski definition) is 5. The van der Waals surface area contributed by atoms with E-state index >= 15 is 0 Å². The van der Waals surface area contributed by atoms with Crippen molar-refractivity contribution in [1.29, 1.82) is 0 Å². The Morgan fingerprint density at radius 2 is 1.76 bits per heavy atom. The number of carbonyl (C=O) groups is 1. The number of hydrogen-bond donors (Lipinski definition) is 2. The average Bonchev–Trinajstić information content (AvgIpc) is 3.30. The van der Waals surface area contributed by atoms with Gasteiger partial charge in [-0.3, -0.25) is 4.79 Å². The van der Waals surface area contributed by atoms with E-state index in [2.05, 4.69) is 0 Å². The molecule has 3 aromatic rings. The first-order valence-corrected chi connectivity index (χ1v) is 10.8. The van der Waals surface area contributed by atoms with E-state index in [-0.39, 0.29) is 28.0 Å². The van der Waals surface area contributed by atoms with Crippen molar-refractivity contribution in [3.63, 3.8) is 0 Å². The number of carboxylic acid groups (broad SMARTS) is 1. The molecule has 1 saturated heterocycles. The molecule has 1 aliphatic heterocycles. The van der Waals surface area contributed by atoms with E-state index in [0.29, 0.717) is 11.3 Å². The molecule has 29 heavy (non-hydrogen) atoms. The van der Waals surface area contributed by atoms with Gasteiger partial charge in [0.1, 0.15) is 11.3 Å². The van der Waals surface area contributed by atoms with Crippen LogP contribution in [-0.2, 0) is 14.8 Å². The van der Waals surface area contributed by atoms with E-state index < -0.39 is 33.6 Å². The Morgan fingerprint density at radius 1 is 1.10 bits per heavy atom. The monoisotopic (exact) mass is 455 g/mol. The number of furan rings is 1. The summed E-state index contributed by atoms with van der Waals surface area (Å²) in [6.07, 6.45) is 0. The van der Waals surface area contributed by atoms with Gasteiger partial charge in [-0.15, -0.1) is 0 Å². The number of phenolic OH excluding ortho intramolecular Hbond substituents is 1. The number of fused-ring (bicyclic) bond motifs is 1. The second kappa shape index (κ2) is 7.21. The second-order valence-corrected chi connectivity index (χ2v) is 9.55. The van der Waals surface area contributed by atoms with Crippen LogP contribution in [-0.4, -0.2) is 42.0 Å². The van der Waals surface area contributed by atoms with Crippen molar-refractivity contribution < 1.29 is 27.8 Å². The molecule has 2 aromatic carbocycles. The summed E-state index contributed by atoms with van der Waals surface area (Å²) in [6, 6.07) is 11.1. The highest BCUT2D eigenvalue weighted by Crippen LogP contribution is 2.40. The van der Waals surface area contributed by atoms with Crippen LogP contribution in [0.2, 0.25) is 10.0 Å². The molecule has 1 aliphatic rings. The number of aromatic hydroxyl groups is 1. The quantitative estimate of drug-likeness (QED) is 0.616. The van der Waals surface area contributed by atoms with Crippen LogP contribution < -0.4 is 0 Å². The van der Waals surface area contributed by atoms with Gasteiger partial charge in [0.2, 0.25) is 10.0 Å². The minimum Gasteiger partial charge on any atom is -0.505 e. The van der Waals surface area contributed by atoms with E-state index in [0.717, 1.165) is 21.8 Å². The smallest absolute Gasteiger partial charge is 0.308 e. The molecule has 0 unspecified atom stereocenters. The van der Waals surface area contributed by atoms with Crippen molar-refractivity contribution in [1.82, 2.24) is 4.31 Å². The molecule has 1 fully saturated rings. The van der Waals surface area contributed by atoms with Crippen LogP contribution in [0.5, 0.6) is 5.75 Å². The first-order valence-electron chi connectivity index (χ1n) is 8.58. The zero-order valence-corrected chi connectivity index (χ0v) is 17.1. The van der Waals surface area contributed by atoms with Crippen molar-refractivity contribution in [2.45, 2.75) is 10.8 Å². The Labute approximate surface area is 176 Å². The third kappa shape index (κ3) is 3.46. The third-order valence-electron chi connectivity index (χ3n) is 5.04. The molecule has 7 nitrogen and oxygen atoms in total. The largest absolute Gasteiger partial charge is 0.505 e. The Hall–Kier alpha value is -2.26. The van der Waals surface area contributed by atoms with Gasteiger partial charge in [-0.05, 0) is 24.3 Å². The molecule has 0 bridgehead atoms. The highest BCUT2D eigenvalue weighted by atomic mass is 35.5. The number of benzene rings is 2. The lowest BCUT2D eigenvalue weighted by atomic mass is 9.94. The van der Waals surface area contributed by atoms with Gasteiger partial charge in [-0.25, -0.2) is 8.42 Å². The zero-order chi connectivity index (χ0) is 20.9. The lowest BCUT2D eigenvalue weighted by Gasteiger charge is -2.17. The van der Waals surface area contributed by atoms with Gasteiger partial charge in [-0.1, -0.05) is 41.4 Å². The normalized spacial score (nSPS) is 20.3. The number of nitrogens with zero attached hydrogens (tertiary/aromatic N) is 1. The van der Waals surface area contributed by atoms with Gasteiger partial charge in [0.05, 0.1) is 20.9 Å². The molecule has 1 aromatic heterocycles. The van der Waals surface area contributed by atoms with E-state index in [1.807, 2.05) is 12.1 Å². The van der Waals surface area contributed by atoms with Crippen LogP contribution in [0.4, 0.5) is 0 Å². The van der Waals surface area contributed by atoms with Gasteiger partial charge in [-0.2, -0.15) is 4.31 Å². The van der Waals surface area contributed by atoms with Crippen LogP contribution >= 0.6 is 23.2 Å². The maximum atomic E-state index is 13.1. The maximum Gasteiger partial charge on any atom is 0.308 e. The highest BCUT2D eigenvalue weighted by Gasteiger charge is 2.45. The minimum atomic E-state index is -4.09. The zero-order valence-electron chi connectivity index (χ0n) is 14.7. The van der Waals surface area contributed by atoms with Crippen molar-refractivity contribution in [3.05, 3.63) is 58.3 Å². The summed E-state index contributed by atoms with van der Waals surface area (Å²) in [5.41, 5.74) is 0.602. The standard InChI is InChI=1S/C19H15Cl2NO6S/c20-14-6-11(7-15(21)18(14)23)29(26,27)22-8-12(13(9-22)19(24)25)17-5-10-3-1-2-4-16(10)28-17/h1-7,12-13,23H,8-9H2,(H,24,25)/t12-,13-/m1/s1. The molecule has 0 spiro atoms. The summed E-state index contributed by atoms with van der Waals surface area (Å²) in [6.45, 7) is -0.301.